The standard InChI is InChI=1S/C17H19N5O3S/c1-22-8-9(10-4-2-3-5-12(10)22)6-13(23)20-14-7-11(15(18)24)16(26-14)21-17(19)25/h2-5,7,9H,6,8H2,1H3,(H2,18,24)(H,20,23)(H3,19,21,25). The van der Waals surface area contributed by atoms with Crippen LogP contribution in [0.3, 0.4) is 0 Å². The zero-order valence-electron chi connectivity index (χ0n) is 14.1. The van der Waals surface area contributed by atoms with E-state index in [9.17, 15) is 14.4 Å². The summed E-state index contributed by atoms with van der Waals surface area (Å²) in [5, 5.41) is 5.74. The third-order valence-electron chi connectivity index (χ3n) is 4.21. The number of thiophene rings is 1. The monoisotopic (exact) mass is 373 g/mol. The fourth-order valence-electron chi connectivity index (χ4n) is 3.13. The Balaban J connectivity index is 1.71. The molecular formula is C17H19N5O3S. The quantitative estimate of drug-likeness (QED) is 0.637. The molecule has 0 saturated heterocycles. The highest BCUT2D eigenvalue weighted by Crippen LogP contribution is 2.37. The first-order valence-electron chi connectivity index (χ1n) is 7.95. The maximum Gasteiger partial charge on any atom is 0.317 e. The van der Waals surface area contributed by atoms with Gasteiger partial charge in [0.2, 0.25) is 5.91 Å². The predicted octanol–water partition coefficient (Wildman–Crippen LogP) is 1.90. The van der Waals surface area contributed by atoms with Crippen LogP contribution < -0.4 is 27.0 Å². The number of urea groups is 1. The van der Waals surface area contributed by atoms with Gasteiger partial charge in [-0.3, -0.25) is 14.9 Å². The molecule has 1 atom stereocenters. The molecule has 6 N–H and O–H groups in total. The van der Waals surface area contributed by atoms with E-state index in [1.807, 2.05) is 31.3 Å². The molecule has 0 radical (unpaired) electrons. The molecule has 0 spiro atoms. The van der Waals surface area contributed by atoms with Gasteiger partial charge in [0.1, 0.15) is 5.00 Å². The normalized spacial score (nSPS) is 15.4. The fourth-order valence-corrected chi connectivity index (χ4v) is 4.12. The number of anilines is 3. The van der Waals surface area contributed by atoms with Crippen LogP contribution in [0.4, 0.5) is 20.5 Å². The van der Waals surface area contributed by atoms with Gasteiger partial charge < -0.3 is 21.7 Å². The summed E-state index contributed by atoms with van der Waals surface area (Å²) in [5.74, 6) is -0.796. The number of carbonyl (C=O) groups excluding carboxylic acids is 3. The van der Waals surface area contributed by atoms with Crippen molar-refractivity contribution in [2.45, 2.75) is 12.3 Å². The minimum atomic E-state index is -0.808. The summed E-state index contributed by atoms with van der Waals surface area (Å²) in [7, 11) is 2.00. The lowest BCUT2D eigenvalue weighted by Crippen LogP contribution is -2.21. The molecule has 2 heterocycles. The lowest BCUT2D eigenvalue weighted by Gasteiger charge is -2.12. The number of primary amides is 2. The molecule has 0 bridgehead atoms. The summed E-state index contributed by atoms with van der Waals surface area (Å²) in [6.07, 6.45) is 0.309. The number of benzene rings is 1. The molecule has 0 aliphatic carbocycles. The molecule has 26 heavy (non-hydrogen) atoms. The Bertz CT molecular complexity index is 879. The highest BCUT2D eigenvalue weighted by Gasteiger charge is 2.28. The van der Waals surface area contributed by atoms with Crippen molar-refractivity contribution in [3.05, 3.63) is 41.5 Å². The van der Waals surface area contributed by atoms with Crippen LogP contribution in [0.15, 0.2) is 30.3 Å². The second kappa shape index (κ2) is 7.04. The number of hydrogen-bond acceptors (Lipinski definition) is 5. The predicted molar refractivity (Wildman–Crippen MR) is 102 cm³/mol. The zero-order valence-corrected chi connectivity index (χ0v) is 14.9. The molecule has 0 fully saturated rings. The summed E-state index contributed by atoms with van der Waals surface area (Å²) in [4.78, 5) is 37.1. The molecule has 0 saturated carbocycles. The lowest BCUT2D eigenvalue weighted by molar-refractivity contribution is -0.116. The van der Waals surface area contributed by atoms with E-state index in [2.05, 4.69) is 15.5 Å². The highest BCUT2D eigenvalue weighted by atomic mass is 32.1. The summed E-state index contributed by atoms with van der Waals surface area (Å²) in [6, 6.07) is 8.63. The van der Waals surface area contributed by atoms with Crippen molar-refractivity contribution in [2.75, 3.05) is 29.1 Å². The maximum atomic E-state index is 12.4. The first-order chi connectivity index (χ1) is 12.3. The van der Waals surface area contributed by atoms with E-state index in [0.717, 1.165) is 29.1 Å². The SMILES string of the molecule is CN1CC(CC(=O)Nc2cc(C(N)=O)c(NC(N)=O)s2)c2ccccc21. The maximum absolute atomic E-state index is 12.4. The Kier molecular flexibility index (Phi) is 4.81. The van der Waals surface area contributed by atoms with Crippen molar-refractivity contribution in [2.24, 2.45) is 11.5 Å². The molecule has 4 amide bonds. The van der Waals surface area contributed by atoms with Gasteiger partial charge in [-0.05, 0) is 17.7 Å². The Hall–Kier alpha value is -3.07. The van der Waals surface area contributed by atoms with E-state index in [-0.39, 0.29) is 22.4 Å². The lowest BCUT2D eigenvalue weighted by atomic mass is 9.98. The molecule has 1 aliphatic rings. The van der Waals surface area contributed by atoms with Gasteiger partial charge in [-0.1, -0.05) is 29.5 Å². The van der Waals surface area contributed by atoms with Crippen LogP contribution in [0.1, 0.15) is 28.3 Å². The van der Waals surface area contributed by atoms with Crippen LogP contribution >= 0.6 is 11.3 Å². The van der Waals surface area contributed by atoms with Gasteiger partial charge in [0, 0.05) is 31.6 Å². The van der Waals surface area contributed by atoms with Crippen LogP contribution in [0.2, 0.25) is 0 Å². The summed E-state index contributed by atoms with van der Waals surface area (Å²) in [6.45, 7) is 0.762. The van der Waals surface area contributed by atoms with Gasteiger partial charge in [-0.15, -0.1) is 0 Å². The van der Waals surface area contributed by atoms with Crippen LogP contribution in [0.5, 0.6) is 0 Å². The fraction of sp³-hybridized carbons (Fsp3) is 0.235. The zero-order chi connectivity index (χ0) is 18.8. The molecular weight excluding hydrogens is 354 g/mol. The minimum absolute atomic E-state index is 0.0926. The second-order valence-electron chi connectivity index (χ2n) is 6.10. The molecule has 1 unspecified atom stereocenters. The highest BCUT2D eigenvalue weighted by molar-refractivity contribution is 7.20. The minimum Gasteiger partial charge on any atom is -0.374 e. The van der Waals surface area contributed by atoms with Crippen molar-refractivity contribution < 1.29 is 14.4 Å². The number of likely N-dealkylation sites (N-methyl/N-ethyl adjacent to an activating group) is 1. The number of rotatable bonds is 5. The van der Waals surface area contributed by atoms with E-state index in [0.29, 0.717) is 11.4 Å². The Morgan fingerprint density at radius 1 is 1.23 bits per heavy atom. The summed E-state index contributed by atoms with van der Waals surface area (Å²) >= 11 is 1.03. The van der Waals surface area contributed by atoms with Crippen molar-refractivity contribution in [3.8, 4) is 0 Å². The van der Waals surface area contributed by atoms with E-state index in [1.54, 1.807) is 0 Å². The molecule has 1 aromatic carbocycles. The smallest absolute Gasteiger partial charge is 0.317 e. The first-order valence-corrected chi connectivity index (χ1v) is 8.76. The van der Waals surface area contributed by atoms with Gasteiger partial charge in [-0.2, -0.15) is 0 Å². The largest absolute Gasteiger partial charge is 0.374 e. The van der Waals surface area contributed by atoms with Gasteiger partial charge in [0.05, 0.1) is 10.6 Å². The topological polar surface area (TPSA) is 131 Å². The number of nitrogens with two attached hydrogens (primary N) is 2. The number of carbonyl (C=O) groups is 3. The van der Waals surface area contributed by atoms with Crippen LogP contribution in [0.25, 0.3) is 0 Å². The Morgan fingerprint density at radius 3 is 2.65 bits per heavy atom. The number of fused-ring (bicyclic) bond motifs is 1. The van der Waals surface area contributed by atoms with Crippen molar-refractivity contribution in [1.29, 1.82) is 0 Å². The average molecular weight is 373 g/mol. The number of nitrogens with one attached hydrogen (secondary N) is 2. The molecule has 3 rings (SSSR count). The van der Waals surface area contributed by atoms with E-state index < -0.39 is 11.9 Å². The molecule has 9 heteroatoms. The van der Waals surface area contributed by atoms with Crippen molar-refractivity contribution in [3.63, 3.8) is 0 Å². The van der Waals surface area contributed by atoms with E-state index in [1.165, 1.54) is 6.07 Å². The summed E-state index contributed by atoms with van der Waals surface area (Å²) < 4.78 is 0. The van der Waals surface area contributed by atoms with Crippen LogP contribution in [0, 0.1) is 0 Å². The van der Waals surface area contributed by atoms with Crippen molar-refractivity contribution in [1.82, 2.24) is 0 Å². The average Bonchev–Trinajstić information content (AvgIpc) is 3.09. The van der Waals surface area contributed by atoms with Gasteiger partial charge in [0.25, 0.3) is 5.91 Å². The Morgan fingerprint density at radius 2 is 1.96 bits per heavy atom. The molecule has 1 aromatic heterocycles. The summed E-state index contributed by atoms with van der Waals surface area (Å²) in [5.41, 5.74) is 12.8. The van der Waals surface area contributed by atoms with Crippen LogP contribution in [-0.4, -0.2) is 31.4 Å². The van der Waals surface area contributed by atoms with Gasteiger partial charge in [0.15, 0.2) is 0 Å². The van der Waals surface area contributed by atoms with Gasteiger partial charge >= 0.3 is 6.03 Å². The Labute approximate surface area is 154 Å². The second-order valence-corrected chi connectivity index (χ2v) is 7.15. The first kappa shape index (κ1) is 17.7. The van der Waals surface area contributed by atoms with Crippen molar-refractivity contribution >= 4 is 44.9 Å². The number of nitrogens with zero attached hydrogens (tertiary/aromatic N) is 1. The number of hydrogen-bond donors (Lipinski definition) is 4. The van der Waals surface area contributed by atoms with E-state index >= 15 is 0 Å². The molecule has 136 valence electrons. The molecule has 2 aromatic rings. The van der Waals surface area contributed by atoms with E-state index in [4.69, 9.17) is 11.5 Å². The third-order valence-corrected chi connectivity index (χ3v) is 5.18. The number of para-hydroxylation sites is 1. The number of amides is 4. The van der Waals surface area contributed by atoms with Crippen LogP contribution in [-0.2, 0) is 4.79 Å². The van der Waals surface area contributed by atoms with Gasteiger partial charge in [-0.25, -0.2) is 4.79 Å². The third kappa shape index (κ3) is 3.62. The molecule has 8 nitrogen and oxygen atoms in total. The molecule has 1 aliphatic heterocycles.